The Morgan fingerprint density at radius 1 is 0.960 bits per heavy atom. The monoisotopic (exact) mass is 464 g/mol. The van der Waals surface area contributed by atoms with Gasteiger partial charge in [-0.1, -0.05) is 33.5 Å². The van der Waals surface area contributed by atoms with Crippen molar-refractivity contribution in [3.8, 4) is 0 Å². The first-order valence-electron chi connectivity index (χ1n) is 8.71. The third-order valence-electron chi connectivity index (χ3n) is 3.18. The summed E-state index contributed by atoms with van der Waals surface area (Å²) >= 11 is 3.24. The van der Waals surface area contributed by atoms with E-state index in [1.165, 1.54) is 0 Å². The van der Waals surface area contributed by atoms with Gasteiger partial charge in [0, 0.05) is 6.61 Å². The Morgan fingerprint density at radius 3 is 1.92 bits per heavy atom. The number of hydrogen-bond donors (Lipinski definition) is 0. The lowest BCUT2D eigenvalue weighted by Crippen LogP contribution is -2.27. The van der Waals surface area contributed by atoms with E-state index in [-0.39, 0.29) is 12.6 Å². The Kier molecular flexibility index (Phi) is 14.8. The van der Waals surface area contributed by atoms with Crippen molar-refractivity contribution < 1.29 is 23.7 Å². The van der Waals surface area contributed by atoms with E-state index in [9.17, 15) is 4.79 Å². The second kappa shape index (κ2) is 14.5. The molecule has 0 aromatic rings. The molecular weight excluding hydrogens is 432 g/mol. The Labute approximate surface area is 167 Å². The van der Waals surface area contributed by atoms with E-state index in [4.69, 9.17) is 29.6 Å². The molecule has 1 atom stereocenters. The third-order valence-corrected chi connectivity index (χ3v) is 6.83. The highest BCUT2D eigenvalue weighted by Gasteiger charge is 2.25. The van der Waals surface area contributed by atoms with Gasteiger partial charge in [-0.05, 0) is 44.5 Å². The van der Waals surface area contributed by atoms with Crippen LogP contribution in [0.2, 0.25) is 0 Å². The van der Waals surface area contributed by atoms with Gasteiger partial charge in [-0.15, -0.1) is 0 Å². The number of esters is 1. The summed E-state index contributed by atoms with van der Waals surface area (Å²) in [5.41, 5.74) is 0. The van der Waals surface area contributed by atoms with Crippen LogP contribution in [0.4, 0.5) is 0 Å². The van der Waals surface area contributed by atoms with Gasteiger partial charge in [0.05, 0.1) is 33.0 Å². The zero-order valence-electron chi connectivity index (χ0n) is 16.0. The minimum absolute atomic E-state index is 0.247. The van der Waals surface area contributed by atoms with E-state index in [2.05, 4.69) is 29.1 Å². The second-order valence-electron chi connectivity index (χ2n) is 6.36. The van der Waals surface area contributed by atoms with Crippen molar-refractivity contribution in [1.29, 1.82) is 0 Å². The SMILES string of the molecule is CCCS(C)(Cl)CCCOCCOCCOCCOC(=O)C(C)(C)Br. The van der Waals surface area contributed by atoms with E-state index < -0.39 is 13.6 Å². The van der Waals surface area contributed by atoms with Gasteiger partial charge >= 0.3 is 5.97 Å². The van der Waals surface area contributed by atoms with Crippen LogP contribution in [0.1, 0.15) is 33.6 Å². The van der Waals surface area contributed by atoms with Gasteiger partial charge in [0.25, 0.3) is 0 Å². The third kappa shape index (κ3) is 16.4. The highest BCUT2D eigenvalue weighted by Crippen LogP contribution is 2.50. The van der Waals surface area contributed by atoms with Crippen LogP contribution in [-0.4, -0.2) is 74.3 Å². The quantitative estimate of drug-likeness (QED) is 0.195. The summed E-state index contributed by atoms with van der Waals surface area (Å²) in [5.74, 6) is 1.87. The van der Waals surface area contributed by atoms with E-state index in [0.29, 0.717) is 33.0 Å². The standard InChI is InChI=1S/C17H34BrClO5S/c1-5-14-25(4,19)15-6-7-21-8-9-22-10-11-23-12-13-24-16(20)17(2,3)18/h5-15H2,1-4H3. The molecule has 0 fully saturated rings. The van der Waals surface area contributed by atoms with Gasteiger partial charge in [-0.25, -0.2) is 0 Å². The maximum atomic E-state index is 11.5. The Morgan fingerprint density at radius 2 is 1.44 bits per heavy atom. The lowest BCUT2D eigenvalue weighted by Gasteiger charge is -2.27. The predicted molar refractivity (Wildman–Crippen MR) is 110 cm³/mol. The van der Waals surface area contributed by atoms with E-state index in [1.807, 2.05) is 0 Å². The van der Waals surface area contributed by atoms with Crippen molar-refractivity contribution in [2.45, 2.75) is 37.9 Å². The van der Waals surface area contributed by atoms with Crippen molar-refractivity contribution in [1.82, 2.24) is 0 Å². The van der Waals surface area contributed by atoms with Gasteiger partial charge in [-0.2, -0.15) is 9.24 Å². The molecule has 0 aliphatic heterocycles. The van der Waals surface area contributed by atoms with Gasteiger partial charge < -0.3 is 18.9 Å². The van der Waals surface area contributed by atoms with Crippen LogP contribution in [0, 0.1) is 0 Å². The Hall–Kier alpha value is 0.470. The number of ether oxygens (including phenoxy) is 4. The van der Waals surface area contributed by atoms with Gasteiger partial charge in [0.1, 0.15) is 10.9 Å². The number of rotatable bonds is 16. The predicted octanol–water partition coefficient (Wildman–Crippen LogP) is 4.14. The molecule has 1 unspecified atom stereocenters. The van der Waals surface area contributed by atoms with Crippen molar-refractivity contribution in [3.63, 3.8) is 0 Å². The molecule has 0 radical (unpaired) electrons. The molecule has 152 valence electrons. The van der Waals surface area contributed by atoms with Gasteiger partial charge in [0.2, 0.25) is 0 Å². The van der Waals surface area contributed by atoms with E-state index in [1.54, 1.807) is 13.8 Å². The molecule has 0 rings (SSSR count). The van der Waals surface area contributed by atoms with Crippen LogP contribution < -0.4 is 0 Å². The first-order valence-corrected chi connectivity index (χ1v) is 12.7. The van der Waals surface area contributed by atoms with Crippen LogP contribution in [-0.2, 0) is 23.7 Å². The molecule has 0 aromatic heterocycles. The van der Waals surface area contributed by atoms with Crippen LogP contribution in [0.5, 0.6) is 0 Å². The van der Waals surface area contributed by atoms with Crippen molar-refractivity contribution in [2.75, 3.05) is 64.0 Å². The second-order valence-corrected chi connectivity index (χ2v) is 13.7. The van der Waals surface area contributed by atoms with E-state index in [0.717, 1.165) is 31.0 Å². The van der Waals surface area contributed by atoms with Crippen molar-refractivity contribution in [3.05, 3.63) is 0 Å². The molecule has 0 heterocycles. The molecule has 25 heavy (non-hydrogen) atoms. The molecule has 0 aromatic carbocycles. The fourth-order valence-corrected chi connectivity index (χ4v) is 4.58. The largest absolute Gasteiger partial charge is 0.462 e. The lowest BCUT2D eigenvalue weighted by molar-refractivity contribution is -0.147. The number of alkyl halides is 1. The normalized spacial score (nSPS) is 15.6. The highest BCUT2D eigenvalue weighted by molar-refractivity contribution is 9.10. The topological polar surface area (TPSA) is 54.0 Å². The summed E-state index contributed by atoms with van der Waals surface area (Å²) in [6.07, 6.45) is 4.31. The summed E-state index contributed by atoms with van der Waals surface area (Å²) < 4.78 is 20.7. The first kappa shape index (κ1) is 25.5. The van der Waals surface area contributed by atoms with Crippen molar-refractivity contribution >= 4 is 41.8 Å². The fraction of sp³-hybridized carbons (Fsp3) is 0.941. The summed E-state index contributed by atoms with van der Waals surface area (Å²) in [4.78, 5) is 11.5. The van der Waals surface area contributed by atoms with Crippen LogP contribution in [0.15, 0.2) is 0 Å². The van der Waals surface area contributed by atoms with Gasteiger partial charge in [0.15, 0.2) is 0 Å². The minimum atomic E-state index is -0.947. The minimum Gasteiger partial charge on any atom is -0.462 e. The average molecular weight is 466 g/mol. The Balaban J connectivity index is 3.28. The smallest absolute Gasteiger partial charge is 0.322 e. The van der Waals surface area contributed by atoms with Gasteiger partial charge in [-0.3, -0.25) is 4.79 Å². The molecular formula is C17H34BrClO5S. The van der Waals surface area contributed by atoms with Crippen molar-refractivity contribution in [2.24, 2.45) is 0 Å². The zero-order chi connectivity index (χ0) is 19.2. The van der Waals surface area contributed by atoms with E-state index >= 15 is 0 Å². The number of hydrogen-bond acceptors (Lipinski definition) is 5. The summed E-state index contributed by atoms with van der Waals surface area (Å²) in [6, 6.07) is 0. The molecule has 0 amide bonds. The fourth-order valence-electron chi connectivity index (χ4n) is 1.90. The zero-order valence-corrected chi connectivity index (χ0v) is 19.1. The average Bonchev–Trinajstić information content (AvgIpc) is 2.50. The Bertz CT molecular complexity index is 350. The first-order chi connectivity index (χ1) is 11.7. The molecule has 0 bridgehead atoms. The summed E-state index contributed by atoms with van der Waals surface area (Å²) in [5, 5.41) is 0. The van der Waals surface area contributed by atoms with Crippen LogP contribution in [0.3, 0.4) is 0 Å². The maximum absolute atomic E-state index is 11.5. The molecule has 0 saturated carbocycles. The molecule has 5 nitrogen and oxygen atoms in total. The highest BCUT2D eigenvalue weighted by atomic mass is 79.9. The molecule has 8 heteroatoms. The number of halogens is 2. The lowest BCUT2D eigenvalue weighted by atomic mass is 10.2. The number of carbonyl (C=O) groups excluding carboxylic acids is 1. The molecule has 0 aliphatic rings. The summed E-state index contributed by atoms with van der Waals surface area (Å²) in [6.45, 7) is 9.11. The molecule has 0 N–H and O–H groups in total. The molecule has 0 saturated heterocycles. The summed E-state index contributed by atoms with van der Waals surface area (Å²) in [7, 11) is 5.52. The maximum Gasteiger partial charge on any atom is 0.322 e. The molecule has 0 aliphatic carbocycles. The number of carbonyl (C=O) groups is 1. The van der Waals surface area contributed by atoms with Crippen LogP contribution >= 0.6 is 35.9 Å². The molecule has 0 spiro atoms. The van der Waals surface area contributed by atoms with Crippen LogP contribution in [0.25, 0.3) is 0 Å².